The Balaban J connectivity index is 1.98. The molecule has 0 aliphatic heterocycles. The predicted molar refractivity (Wildman–Crippen MR) is 73.9 cm³/mol. The first-order valence-corrected chi connectivity index (χ1v) is 6.77. The third kappa shape index (κ3) is 3.51. The molecule has 0 N–H and O–H groups in total. The van der Waals surface area contributed by atoms with Crippen LogP contribution < -0.4 is 0 Å². The number of benzene rings is 1. The van der Waals surface area contributed by atoms with Crippen molar-refractivity contribution in [2.24, 2.45) is 7.05 Å². The van der Waals surface area contributed by atoms with E-state index in [0.29, 0.717) is 10.7 Å². The largest absolute Gasteiger partial charge is 0.289 e. The van der Waals surface area contributed by atoms with Gasteiger partial charge in [0.15, 0.2) is 5.78 Å². The number of thioether (sulfide) groups is 1. The monoisotopic (exact) mass is 274 g/mol. The van der Waals surface area contributed by atoms with Crippen molar-refractivity contribution < 1.29 is 4.79 Å². The highest BCUT2D eigenvalue weighted by Gasteiger charge is 2.03. The molecule has 6 heteroatoms. The normalized spacial score (nSPS) is 11.1. The summed E-state index contributed by atoms with van der Waals surface area (Å²) in [4.78, 5) is 11.9. The molecule has 0 amide bonds. The van der Waals surface area contributed by atoms with E-state index in [2.05, 4.69) is 22.4 Å². The molecule has 19 heavy (non-hydrogen) atoms. The summed E-state index contributed by atoms with van der Waals surface area (Å²) in [6.45, 7) is 2.09. The molecule has 0 radical (unpaired) electrons. The number of hydrogen-bond acceptors (Lipinski definition) is 5. The van der Waals surface area contributed by atoms with Gasteiger partial charge < -0.3 is 0 Å². The number of allylic oxidation sites excluding steroid dienone is 1. The standard InChI is InChI=1S/C13H14N4OS/c1-3-10-4-6-11(7-5-10)12(18)8-9-19-13-14-15-16-17(13)2/h4-9H,3H2,1-2H3/b9-8-. The van der Waals surface area contributed by atoms with Gasteiger partial charge in [0.2, 0.25) is 5.16 Å². The first-order chi connectivity index (χ1) is 9.20. The molecule has 0 fully saturated rings. The van der Waals surface area contributed by atoms with Crippen molar-refractivity contribution in [3.05, 3.63) is 46.9 Å². The smallest absolute Gasteiger partial charge is 0.213 e. The Morgan fingerprint density at radius 1 is 1.37 bits per heavy atom. The molecule has 0 unspecified atom stereocenters. The van der Waals surface area contributed by atoms with E-state index in [1.54, 1.807) is 17.1 Å². The molecule has 0 spiro atoms. The minimum absolute atomic E-state index is 0.0229. The Morgan fingerprint density at radius 2 is 2.11 bits per heavy atom. The van der Waals surface area contributed by atoms with Crippen LogP contribution in [-0.4, -0.2) is 26.0 Å². The highest BCUT2D eigenvalue weighted by molar-refractivity contribution is 8.02. The topological polar surface area (TPSA) is 60.7 Å². The van der Waals surface area contributed by atoms with Gasteiger partial charge in [0.05, 0.1) is 0 Å². The molecule has 0 saturated heterocycles. The maximum Gasteiger partial charge on any atom is 0.213 e. The van der Waals surface area contributed by atoms with Crippen LogP contribution in [0, 0.1) is 0 Å². The highest BCUT2D eigenvalue weighted by Crippen LogP contribution is 2.14. The highest BCUT2D eigenvalue weighted by atomic mass is 32.2. The van der Waals surface area contributed by atoms with Crippen LogP contribution in [0.1, 0.15) is 22.8 Å². The molecule has 98 valence electrons. The van der Waals surface area contributed by atoms with Gasteiger partial charge in [-0.05, 0) is 33.9 Å². The van der Waals surface area contributed by atoms with Crippen molar-refractivity contribution in [3.8, 4) is 0 Å². The van der Waals surface area contributed by atoms with E-state index in [-0.39, 0.29) is 5.78 Å². The average Bonchev–Trinajstić information content (AvgIpc) is 2.84. The fourth-order valence-corrected chi connectivity index (χ4v) is 2.06. The minimum atomic E-state index is -0.0229. The Hall–Kier alpha value is -1.95. The van der Waals surface area contributed by atoms with Crippen molar-refractivity contribution in [3.63, 3.8) is 0 Å². The summed E-state index contributed by atoms with van der Waals surface area (Å²) in [5.41, 5.74) is 1.91. The quantitative estimate of drug-likeness (QED) is 0.475. The number of rotatable bonds is 5. The summed E-state index contributed by atoms with van der Waals surface area (Å²) in [7, 11) is 1.75. The van der Waals surface area contributed by atoms with Crippen LogP contribution in [0.4, 0.5) is 0 Å². The zero-order valence-electron chi connectivity index (χ0n) is 10.8. The lowest BCUT2D eigenvalue weighted by molar-refractivity contribution is 0.104. The second-order valence-electron chi connectivity index (χ2n) is 3.92. The molecule has 1 aromatic heterocycles. The van der Waals surface area contributed by atoms with Crippen LogP contribution in [0.15, 0.2) is 40.9 Å². The van der Waals surface area contributed by atoms with Gasteiger partial charge in [-0.15, -0.1) is 5.10 Å². The summed E-state index contributed by atoms with van der Waals surface area (Å²) in [5.74, 6) is -0.0229. The number of nitrogens with zero attached hydrogens (tertiary/aromatic N) is 4. The predicted octanol–water partition coefficient (Wildman–Crippen LogP) is 2.26. The number of carbonyl (C=O) groups is 1. The molecule has 5 nitrogen and oxygen atoms in total. The molecule has 0 atom stereocenters. The van der Waals surface area contributed by atoms with E-state index >= 15 is 0 Å². The van der Waals surface area contributed by atoms with E-state index in [9.17, 15) is 4.79 Å². The summed E-state index contributed by atoms with van der Waals surface area (Å²) in [6, 6.07) is 7.64. The number of aromatic nitrogens is 4. The van der Waals surface area contributed by atoms with Crippen molar-refractivity contribution in [2.45, 2.75) is 18.5 Å². The lowest BCUT2D eigenvalue weighted by atomic mass is 10.1. The number of carbonyl (C=O) groups excluding carboxylic acids is 1. The average molecular weight is 274 g/mol. The van der Waals surface area contributed by atoms with Gasteiger partial charge in [0.1, 0.15) is 0 Å². The molecule has 2 rings (SSSR count). The molecule has 0 bridgehead atoms. The lowest BCUT2D eigenvalue weighted by Crippen LogP contribution is -1.94. The SMILES string of the molecule is CCc1ccc(C(=O)/C=C\Sc2nnnn2C)cc1. The maximum absolute atomic E-state index is 11.9. The van der Waals surface area contributed by atoms with Gasteiger partial charge in [0.25, 0.3) is 0 Å². The molecular weight excluding hydrogens is 260 g/mol. The molecule has 0 aliphatic carbocycles. The third-order valence-corrected chi connectivity index (χ3v) is 3.45. The van der Waals surface area contributed by atoms with Gasteiger partial charge in [-0.1, -0.05) is 43.0 Å². The van der Waals surface area contributed by atoms with Crippen LogP contribution in [0.2, 0.25) is 0 Å². The van der Waals surface area contributed by atoms with Crippen LogP contribution in [0.5, 0.6) is 0 Å². The van der Waals surface area contributed by atoms with Gasteiger partial charge in [-0.25, -0.2) is 4.68 Å². The van der Waals surface area contributed by atoms with Crippen LogP contribution in [0.3, 0.4) is 0 Å². The zero-order valence-corrected chi connectivity index (χ0v) is 11.6. The van der Waals surface area contributed by atoms with Crippen molar-refractivity contribution in [1.82, 2.24) is 20.2 Å². The second kappa shape index (κ2) is 6.29. The van der Waals surface area contributed by atoms with Gasteiger partial charge in [-0.3, -0.25) is 4.79 Å². The number of aryl methyl sites for hydroxylation is 2. The minimum Gasteiger partial charge on any atom is -0.289 e. The molecule has 2 aromatic rings. The van der Waals surface area contributed by atoms with Crippen LogP contribution in [0.25, 0.3) is 0 Å². The fraction of sp³-hybridized carbons (Fsp3) is 0.231. The molecule has 0 saturated carbocycles. The number of hydrogen-bond donors (Lipinski definition) is 0. The van der Waals surface area contributed by atoms with E-state index in [1.807, 2.05) is 24.3 Å². The summed E-state index contributed by atoms with van der Waals surface area (Å²) < 4.78 is 1.55. The molecule has 1 aromatic carbocycles. The summed E-state index contributed by atoms with van der Waals surface area (Å²) in [6.07, 6.45) is 2.50. The molecule has 1 heterocycles. The maximum atomic E-state index is 11.9. The third-order valence-electron chi connectivity index (χ3n) is 2.62. The van der Waals surface area contributed by atoms with Gasteiger partial charge in [0, 0.05) is 12.6 Å². The van der Waals surface area contributed by atoms with E-state index < -0.39 is 0 Å². The second-order valence-corrected chi connectivity index (χ2v) is 4.79. The summed E-state index contributed by atoms with van der Waals surface area (Å²) in [5, 5.41) is 13.4. The first-order valence-electron chi connectivity index (χ1n) is 5.89. The van der Waals surface area contributed by atoms with E-state index in [4.69, 9.17) is 0 Å². The first kappa shape index (κ1) is 13.5. The van der Waals surface area contributed by atoms with Crippen molar-refractivity contribution >= 4 is 17.5 Å². The Kier molecular flexibility index (Phi) is 4.46. The van der Waals surface area contributed by atoms with E-state index in [0.717, 1.165) is 6.42 Å². The van der Waals surface area contributed by atoms with Crippen LogP contribution in [-0.2, 0) is 13.5 Å². The van der Waals surface area contributed by atoms with E-state index in [1.165, 1.54) is 23.4 Å². The van der Waals surface area contributed by atoms with Gasteiger partial charge in [-0.2, -0.15) is 0 Å². The number of ketones is 1. The van der Waals surface area contributed by atoms with Gasteiger partial charge >= 0.3 is 0 Å². The zero-order chi connectivity index (χ0) is 13.7. The lowest BCUT2D eigenvalue weighted by Gasteiger charge is -1.98. The number of tetrazole rings is 1. The Labute approximate surface area is 115 Å². The summed E-state index contributed by atoms with van der Waals surface area (Å²) >= 11 is 1.31. The Bertz CT molecular complexity index is 589. The fourth-order valence-electron chi connectivity index (χ4n) is 1.48. The van der Waals surface area contributed by atoms with Crippen LogP contribution >= 0.6 is 11.8 Å². The Morgan fingerprint density at radius 3 is 2.68 bits per heavy atom. The van der Waals surface area contributed by atoms with Crippen molar-refractivity contribution in [1.29, 1.82) is 0 Å². The molecule has 0 aliphatic rings. The van der Waals surface area contributed by atoms with Crippen molar-refractivity contribution in [2.75, 3.05) is 0 Å². The molecular formula is C13H14N4OS.